The van der Waals surface area contributed by atoms with Gasteiger partial charge in [-0.15, -0.1) is 0 Å². The summed E-state index contributed by atoms with van der Waals surface area (Å²) in [7, 11) is 0. The van der Waals surface area contributed by atoms with E-state index in [0.29, 0.717) is 0 Å². The van der Waals surface area contributed by atoms with Gasteiger partial charge in [0.1, 0.15) is 6.61 Å². The van der Waals surface area contributed by atoms with Crippen LogP contribution in [0.3, 0.4) is 0 Å². The smallest absolute Gasteiger partial charge is 0.245 e. The highest BCUT2D eigenvalue weighted by molar-refractivity contribution is 6.10. The van der Waals surface area contributed by atoms with Crippen LogP contribution in [0.15, 0.2) is 0 Å². The first kappa shape index (κ1) is 17.1. The number of ketones is 1. The molecule has 0 unspecified atom stereocenters. The molecule has 0 heterocycles. The minimum absolute atomic E-state index is 0.111. The number of amides is 1. The number of nitrogens with two attached hydrogens (primary N) is 2. The summed E-state index contributed by atoms with van der Waals surface area (Å²) >= 11 is 0. The number of carbonyl (C=O) groups is 2. The summed E-state index contributed by atoms with van der Waals surface area (Å²) in [6.07, 6.45) is 5.76. The van der Waals surface area contributed by atoms with Crippen LogP contribution in [0.5, 0.6) is 0 Å². The molecule has 0 bridgehead atoms. The maximum absolute atomic E-state index is 12.3. The molecule has 20 heavy (non-hydrogen) atoms. The fourth-order valence-corrected chi connectivity index (χ4v) is 2.71. The Morgan fingerprint density at radius 3 is 2.15 bits per heavy atom. The van der Waals surface area contributed by atoms with E-state index in [1.54, 1.807) is 0 Å². The molecule has 0 aromatic carbocycles. The Morgan fingerprint density at radius 2 is 1.70 bits per heavy atom. The summed E-state index contributed by atoms with van der Waals surface area (Å²) in [5.41, 5.74) is 9.44. The van der Waals surface area contributed by atoms with Crippen molar-refractivity contribution in [1.29, 1.82) is 0 Å². The summed E-state index contributed by atoms with van der Waals surface area (Å²) in [6.45, 7) is 5.65. The Bertz CT molecular complexity index is 357. The second-order valence-electron chi connectivity index (χ2n) is 7.07. The van der Waals surface area contributed by atoms with Crippen LogP contribution in [0.25, 0.3) is 0 Å². The molecule has 116 valence electrons. The van der Waals surface area contributed by atoms with Crippen LogP contribution in [-0.2, 0) is 14.3 Å². The third-order valence-electron chi connectivity index (χ3n) is 3.75. The normalized spacial score (nSPS) is 20.4. The van der Waals surface area contributed by atoms with Gasteiger partial charge in [0.25, 0.3) is 0 Å². The predicted molar refractivity (Wildman–Crippen MR) is 78.0 cm³/mol. The molecule has 5 nitrogen and oxygen atoms in total. The second-order valence-corrected chi connectivity index (χ2v) is 7.07. The van der Waals surface area contributed by atoms with Crippen LogP contribution < -0.4 is 11.5 Å². The lowest BCUT2D eigenvalue weighted by molar-refractivity contribution is -0.140. The highest BCUT2D eigenvalue weighted by Crippen LogP contribution is 2.27. The summed E-state index contributed by atoms with van der Waals surface area (Å²) in [5.74, 6) is -1.19. The SMILES string of the molecule is CC(C)(C)C[C@](N)(C(N)=O)C(=O)COC1CCCCC1. The number of ether oxygens (including phenoxy) is 1. The Labute approximate surface area is 121 Å². The molecule has 0 saturated heterocycles. The highest BCUT2D eigenvalue weighted by Gasteiger charge is 2.43. The van der Waals surface area contributed by atoms with Crippen molar-refractivity contribution < 1.29 is 14.3 Å². The lowest BCUT2D eigenvalue weighted by Crippen LogP contribution is -2.61. The molecule has 1 saturated carbocycles. The molecule has 1 atom stereocenters. The molecule has 0 aromatic heterocycles. The largest absolute Gasteiger partial charge is 0.370 e. The predicted octanol–water partition coefficient (Wildman–Crippen LogP) is 1.52. The lowest BCUT2D eigenvalue weighted by atomic mass is 9.77. The van der Waals surface area contributed by atoms with Gasteiger partial charge in [-0.1, -0.05) is 40.0 Å². The van der Waals surface area contributed by atoms with Gasteiger partial charge in [-0.3, -0.25) is 9.59 Å². The van der Waals surface area contributed by atoms with Gasteiger partial charge in [0.05, 0.1) is 6.10 Å². The minimum Gasteiger partial charge on any atom is -0.370 e. The zero-order chi connectivity index (χ0) is 15.4. The summed E-state index contributed by atoms with van der Waals surface area (Å²) in [5, 5.41) is 0. The molecule has 1 amide bonds. The van der Waals surface area contributed by atoms with E-state index in [1.165, 1.54) is 6.42 Å². The van der Waals surface area contributed by atoms with E-state index in [-0.39, 0.29) is 24.5 Å². The summed E-state index contributed by atoms with van der Waals surface area (Å²) < 4.78 is 5.62. The number of carbonyl (C=O) groups excluding carboxylic acids is 2. The topological polar surface area (TPSA) is 95.4 Å². The number of rotatable bonds is 6. The van der Waals surface area contributed by atoms with E-state index in [2.05, 4.69) is 0 Å². The Balaban J connectivity index is 2.62. The van der Waals surface area contributed by atoms with Gasteiger partial charge in [0.2, 0.25) is 5.91 Å². The number of hydrogen-bond donors (Lipinski definition) is 2. The molecule has 0 aliphatic heterocycles. The van der Waals surface area contributed by atoms with Crippen LogP contribution >= 0.6 is 0 Å². The fraction of sp³-hybridized carbons (Fsp3) is 0.867. The van der Waals surface area contributed by atoms with Gasteiger partial charge in [-0.25, -0.2) is 0 Å². The molecule has 1 rings (SSSR count). The van der Waals surface area contributed by atoms with Gasteiger partial charge in [0.15, 0.2) is 11.3 Å². The third-order valence-corrected chi connectivity index (χ3v) is 3.75. The quantitative estimate of drug-likeness (QED) is 0.723. The van der Waals surface area contributed by atoms with E-state index in [9.17, 15) is 9.59 Å². The van der Waals surface area contributed by atoms with Gasteiger partial charge in [-0.05, 0) is 24.7 Å². The van der Waals surface area contributed by atoms with E-state index in [4.69, 9.17) is 16.2 Å². The van der Waals surface area contributed by atoms with Crippen LogP contribution in [0.2, 0.25) is 0 Å². The fourth-order valence-electron chi connectivity index (χ4n) is 2.71. The van der Waals surface area contributed by atoms with E-state index in [0.717, 1.165) is 25.7 Å². The number of Topliss-reactive ketones (excluding diaryl/α,β-unsaturated/α-hetero) is 1. The van der Waals surface area contributed by atoms with Crippen molar-refractivity contribution in [2.24, 2.45) is 16.9 Å². The summed E-state index contributed by atoms with van der Waals surface area (Å²) in [6, 6.07) is 0. The van der Waals surface area contributed by atoms with Crippen LogP contribution in [0.1, 0.15) is 59.3 Å². The Kier molecular flexibility index (Phi) is 5.71. The van der Waals surface area contributed by atoms with Crippen molar-refractivity contribution in [3.8, 4) is 0 Å². The third kappa shape index (κ3) is 4.87. The van der Waals surface area contributed by atoms with Crippen molar-refractivity contribution in [3.63, 3.8) is 0 Å². The first-order chi connectivity index (χ1) is 9.15. The molecule has 1 aliphatic carbocycles. The van der Waals surface area contributed by atoms with Crippen molar-refractivity contribution in [2.75, 3.05) is 6.61 Å². The monoisotopic (exact) mass is 284 g/mol. The zero-order valence-corrected chi connectivity index (χ0v) is 12.9. The minimum atomic E-state index is -1.63. The van der Waals surface area contributed by atoms with Crippen LogP contribution in [0, 0.1) is 5.41 Å². The summed E-state index contributed by atoms with van der Waals surface area (Å²) in [4.78, 5) is 23.9. The molecular weight excluding hydrogens is 256 g/mol. The van der Waals surface area contributed by atoms with Crippen molar-refractivity contribution in [1.82, 2.24) is 0 Å². The average molecular weight is 284 g/mol. The van der Waals surface area contributed by atoms with Crippen molar-refractivity contribution in [2.45, 2.75) is 70.9 Å². The number of primary amides is 1. The van der Waals surface area contributed by atoms with E-state index in [1.807, 2.05) is 20.8 Å². The Hall–Kier alpha value is -0.940. The van der Waals surface area contributed by atoms with Gasteiger partial charge >= 0.3 is 0 Å². The molecule has 1 aliphatic rings. The molecule has 1 fully saturated rings. The van der Waals surface area contributed by atoms with E-state index < -0.39 is 17.2 Å². The molecule has 0 aromatic rings. The van der Waals surface area contributed by atoms with Gasteiger partial charge < -0.3 is 16.2 Å². The van der Waals surface area contributed by atoms with Crippen LogP contribution in [-0.4, -0.2) is 29.9 Å². The standard InChI is InChI=1S/C15H28N2O3/c1-14(2,3)10-15(17,13(16)19)12(18)9-20-11-7-5-4-6-8-11/h11H,4-10,17H2,1-3H3,(H2,16,19)/t15-/m1/s1. The van der Waals surface area contributed by atoms with Gasteiger partial charge in [0, 0.05) is 0 Å². The highest BCUT2D eigenvalue weighted by atomic mass is 16.5. The number of hydrogen-bond acceptors (Lipinski definition) is 4. The second kappa shape index (κ2) is 6.68. The maximum atomic E-state index is 12.3. The maximum Gasteiger partial charge on any atom is 0.245 e. The lowest BCUT2D eigenvalue weighted by Gasteiger charge is -2.32. The van der Waals surface area contributed by atoms with E-state index >= 15 is 0 Å². The van der Waals surface area contributed by atoms with Gasteiger partial charge in [-0.2, -0.15) is 0 Å². The van der Waals surface area contributed by atoms with Crippen LogP contribution in [0.4, 0.5) is 0 Å². The molecule has 5 heteroatoms. The molecule has 0 radical (unpaired) electrons. The first-order valence-corrected chi connectivity index (χ1v) is 7.39. The molecule has 0 spiro atoms. The Morgan fingerprint density at radius 1 is 1.15 bits per heavy atom. The first-order valence-electron chi connectivity index (χ1n) is 7.39. The molecular formula is C15H28N2O3. The van der Waals surface area contributed by atoms with Crippen molar-refractivity contribution in [3.05, 3.63) is 0 Å². The average Bonchev–Trinajstić information content (AvgIpc) is 2.34. The van der Waals surface area contributed by atoms with Crippen molar-refractivity contribution >= 4 is 11.7 Å². The zero-order valence-electron chi connectivity index (χ0n) is 12.9. The molecule has 4 N–H and O–H groups in total.